The van der Waals surface area contributed by atoms with E-state index in [1.54, 1.807) is 0 Å². The van der Waals surface area contributed by atoms with Gasteiger partial charge in [0.2, 0.25) is 0 Å². The lowest BCUT2D eigenvalue weighted by atomic mass is 9.87. The van der Waals surface area contributed by atoms with Crippen LogP contribution in [-0.4, -0.2) is 56.6 Å². The molecule has 0 spiro atoms. The SMILES string of the molecule is CN(C)CC(O)C1(c2ccccc2)COCCO1. The van der Waals surface area contributed by atoms with E-state index in [9.17, 15) is 5.11 Å². The van der Waals surface area contributed by atoms with Crippen LogP contribution in [-0.2, 0) is 15.1 Å². The van der Waals surface area contributed by atoms with Gasteiger partial charge in [-0.3, -0.25) is 0 Å². The van der Waals surface area contributed by atoms with Gasteiger partial charge in [0.25, 0.3) is 0 Å². The number of aliphatic hydroxyl groups is 1. The second-order valence-corrected chi connectivity index (χ2v) is 4.93. The van der Waals surface area contributed by atoms with Gasteiger partial charge in [0.05, 0.1) is 19.8 Å². The second-order valence-electron chi connectivity index (χ2n) is 4.93. The molecule has 1 heterocycles. The number of hydrogen-bond donors (Lipinski definition) is 1. The number of aliphatic hydroxyl groups excluding tert-OH is 1. The average Bonchev–Trinajstić information content (AvgIpc) is 2.40. The molecule has 0 amide bonds. The Hall–Kier alpha value is -0.940. The van der Waals surface area contributed by atoms with E-state index >= 15 is 0 Å². The van der Waals surface area contributed by atoms with Gasteiger partial charge in [-0.25, -0.2) is 0 Å². The van der Waals surface area contributed by atoms with Crippen molar-refractivity contribution in [3.63, 3.8) is 0 Å². The van der Waals surface area contributed by atoms with Crippen molar-refractivity contribution >= 4 is 0 Å². The minimum atomic E-state index is -0.746. The maximum Gasteiger partial charge on any atom is 0.143 e. The zero-order chi connectivity index (χ0) is 13.0. The van der Waals surface area contributed by atoms with Crippen molar-refractivity contribution in [2.45, 2.75) is 11.7 Å². The van der Waals surface area contributed by atoms with Crippen molar-refractivity contribution in [2.24, 2.45) is 0 Å². The lowest BCUT2D eigenvalue weighted by molar-refractivity contribution is -0.211. The van der Waals surface area contributed by atoms with E-state index < -0.39 is 11.7 Å². The topological polar surface area (TPSA) is 41.9 Å². The summed E-state index contributed by atoms with van der Waals surface area (Å²) in [4.78, 5) is 1.95. The summed E-state index contributed by atoms with van der Waals surface area (Å²) in [5, 5.41) is 10.5. The number of nitrogens with zero attached hydrogens (tertiary/aromatic N) is 1. The van der Waals surface area contributed by atoms with Gasteiger partial charge >= 0.3 is 0 Å². The standard InChI is InChI=1S/C14H21NO3/c1-15(2)10-13(16)14(11-17-8-9-18-14)12-6-4-3-5-7-12/h3-7,13,16H,8-11H2,1-2H3. The first-order valence-electron chi connectivity index (χ1n) is 6.25. The van der Waals surface area contributed by atoms with E-state index in [1.807, 2.05) is 49.3 Å². The van der Waals surface area contributed by atoms with Crippen molar-refractivity contribution in [2.75, 3.05) is 40.5 Å². The van der Waals surface area contributed by atoms with Crippen LogP contribution in [0.25, 0.3) is 0 Å². The van der Waals surface area contributed by atoms with Crippen LogP contribution in [0.1, 0.15) is 5.56 Å². The van der Waals surface area contributed by atoms with E-state index in [2.05, 4.69) is 0 Å². The third kappa shape index (κ3) is 2.72. The average molecular weight is 251 g/mol. The molecule has 0 aliphatic carbocycles. The molecule has 1 aliphatic rings. The Morgan fingerprint density at radius 1 is 1.28 bits per heavy atom. The number of hydrogen-bond acceptors (Lipinski definition) is 4. The predicted octanol–water partition coefficient (Wildman–Crippen LogP) is 0.851. The largest absolute Gasteiger partial charge is 0.388 e. The van der Waals surface area contributed by atoms with Gasteiger partial charge in [-0.2, -0.15) is 0 Å². The van der Waals surface area contributed by atoms with Gasteiger partial charge in [0.1, 0.15) is 11.7 Å². The fraction of sp³-hybridized carbons (Fsp3) is 0.571. The van der Waals surface area contributed by atoms with Crippen LogP contribution in [0.15, 0.2) is 30.3 Å². The summed E-state index contributed by atoms with van der Waals surface area (Å²) in [5.74, 6) is 0. The molecular weight excluding hydrogens is 230 g/mol. The van der Waals surface area contributed by atoms with Crippen molar-refractivity contribution in [1.82, 2.24) is 4.90 Å². The molecule has 1 fully saturated rings. The first kappa shape index (κ1) is 13.5. The second kappa shape index (κ2) is 5.80. The molecular formula is C14H21NO3. The molecule has 1 aliphatic heterocycles. The molecule has 100 valence electrons. The van der Waals surface area contributed by atoms with Crippen molar-refractivity contribution in [3.05, 3.63) is 35.9 Å². The molecule has 2 rings (SSSR count). The van der Waals surface area contributed by atoms with Crippen LogP contribution in [0.4, 0.5) is 0 Å². The molecule has 18 heavy (non-hydrogen) atoms. The Balaban J connectivity index is 2.28. The fourth-order valence-electron chi connectivity index (χ4n) is 2.31. The van der Waals surface area contributed by atoms with E-state index in [0.29, 0.717) is 26.4 Å². The Morgan fingerprint density at radius 3 is 2.56 bits per heavy atom. The van der Waals surface area contributed by atoms with Crippen LogP contribution < -0.4 is 0 Å². The zero-order valence-electron chi connectivity index (χ0n) is 11.0. The van der Waals surface area contributed by atoms with E-state index in [-0.39, 0.29) is 0 Å². The van der Waals surface area contributed by atoms with Crippen molar-refractivity contribution in [1.29, 1.82) is 0 Å². The first-order chi connectivity index (χ1) is 8.65. The third-order valence-corrected chi connectivity index (χ3v) is 3.24. The summed E-state index contributed by atoms with van der Waals surface area (Å²) in [7, 11) is 3.87. The number of benzene rings is 1. The Bertz CT molecular complexity index is 361. The zero-order valence-corrected chi connectivity index (χ0v) is 11.0. The first-order valence-corrected chi connectivity index (χ1v) is 6.25. The highest BCUT2D eigenvalue weighted by Gasteiger charge is 2.43. The lowest BCUT2D eigenvalue weighted by Gasteiger charge is -2.41. The van der Waals surface area contributed by atoms with Gasteiger partial charge in [0, 0.05) is 6.54 Å². The minimum Gasteiger partial charge on any atom is -0.388 e. The highest BCUT2D eigenvalue weighted by Crippen LogP contribution is 2.32. The summed E-state index contributed by atoms with van der Waals surface area (Å²) in [6, 6.07) is 9.83. The third-order valence-electron chi connectivity index (χ3n) is 3.24. The maximum atomic E-state index is 10.5. The highest BCUT2D eigenvalue weighted by atomic mass is 16.6. The fourth-order valence-corrected chi connectivity index (χ4v) is 2.31. The summed E-state index contributed by atoms with van der Waals surface area (Å²) in [5.41, 5.74) is 0.225. The molecule has 1 aromatic rings. The van der Waals surface area contributed by atoms with Crippen LogP contribution >= 0.6 is 0 Å². The molecule has 4 heteroatoms. The Labute approximate surface area is 108 Å². The number of rotatable bonds is 4. The molecule has 0 bridgehead atoms. The van der Waals surface area contributed by atoms with E-state index in [0.717, 1.165) is 5.56 Å². The van der Waals surface area contributed by atoms with Crippen molar-refractivity contribution < 1.29 is 14.6 Å². The van der Waals surface area contributed by atoms with Gasteiger partial charge in [-0.05, 0) is 19.7 Å². The molecule has 0 saturated carbocycles. The molecule has 1 aromatic carbocycles. The van der Waals surface area contributed by atoms with Gasteiger partial charge in [-0.1, -0.05) is 30.3 Å². The number of ether oxygens (including phenoxy) is 2. The molecule has 0 aromatic heterocycles. The smallest absolute Gasteiger partial charge is 0.143 e. The van der Waals surface area contributed by atoms with Crippen molar-refractivity contribution in [3.8, 4) is 0 Å². The molecule has 1 saturated heterocycles. The molecule has 2 unspecified atom stereocenters. The maximum absolute atomic E-state index is 10.5. The lowest BCUT2D eigenvalue weighted by Crippen LogP contribution is -2.53. The summed E-state index contributed by atoms with van der Waals surface area (Å²) < 4.78 is 11.5. The van der Waals surface area contributed by atoms with Crippen LogP contribution in [0.3, 0.4) is 0 Å². The Kier molecular flexibility index (Phi) is 4.35. The molecule has 0 radical (unpaired) electrons. The molecule has 2 atom stereocenters. The summed E-state index contributed by atoms with van der Waals surface area (Å²) >= 11 is 0. The van der Waals surface area contributed by atoms with E-state index in [1.165, 1.54) is 0 Å². The minimum absolute atomic E-state index is 0.395. The van der Waals surface area contributed by atoms with Crippen LogP contribution in [0.2, 0.25) is 0 Å². The van der Waals surface area contributed by atoms with Gasteiger partial charge in [-0.15, -0.1) is 0 Å². The quantitative estimate of drug-likeness (QED) is 0.861. The normalized spacial score (nSPS) is 26.2. The predicted molar refractivity (Wildman–Crippen MR) is 69.5 cm³/mol. The van der Waals surface area contributed by atoms with Crippen LogP contribution in [0, 0.1) is 0 Å². The van der Waals surface area contributed by atoms with Gasteiger partial charge < -0.3 is 19.5 Å². The molecule has 4 nitrogen and oxygen atoms in total. The summed E-state index contributed by atoms with van der Waals surface area (Å²) in [6.07, 6.45) is -0.616. The Morgan fingerprint density at radius 2 is 2.00 bits per heavy atom. The van der Waals surface area contributed by atoms with Crippen LogP contribution in [0.5, 0.6) is 0 Å². The summed E-state index contributed by atoms with van der Waals surface area (Å²) in [6.45, 7) is 2.03. The van der Waals surface area contributed by atoms with Gasteiger partial charge in [0.15, 0.2) is 0 Å². The van der Waals surface area contributed by atoms with E-state index in [4.69, 9.17) is 9.47 Å². The number of likely N-dealkylation sites (N-methyl/N-ethyl adjacent to an activating group) is 1. The highest BCUT2D eigenvalue weighted by molar-refractivity contribution is 5.25. The monoisotopic (exact) mass is 251 g/mol. The molecule has 1 N–H and O–H groups in total.